The Morgan fingerprint density at radius 2 is 0.772 bits per heavy atom. The maximum absolute atomic E-state index is 13.7. The van der Waals surface area contributed by atoms with Gasteiger partial charge in [0, 0.05) is 207 Å². The maximum Gasteiger partial charge on any atom is 0.410 e. The van der Waals surface area contributed by atoms with Crippen molar-refractivity contribution in [3.63, 3.8) is 0 Å². The first-order valence-corrected chi connectivity index (χ1v) is 44.6. The average molecular weight is 1760 g/mol. The van der Waals surface area contributed by atoms with E-state index in [1.807, 2.05) is 134 Å². The van der Waals surface area contributed by atoms with Crippen LogP contribution in [0.5, 0.6) is 0 Å². The van der Waals surface area contributed by atoms with Crippen LogP contribution in [-0.2, 0) is 43.3 Å². The first kappa shape index (κ1) is 95.4. The lowest BCUT2D eigenvalue weighted by atomic mass is 10.0. The van der Waals surface area contributed by atoms with Crippen molar-refractivity contribution in [3.05, 3.63) is 240 Å². The van der Waals surface area contributed by atoms with Crippen molar-refractivity contribution >= 4 is 75.0 Å². The number of aromatic amines is 3. The van der Waals surface area contributed by atoms with E-state index in [4.69, 9.17) is 35.5 Å². The van der Waals surface area contributed by atoms with Gasteiger partial charge in [-0.1, -0.05) is 18.2 Å². The number of nitrogens with zero attached hydrogens (tertiary/aromatic N) is 8. The average Bonchev–Trinajstić information content (AvgIpc) is 1.65. The molecule has 8 N–H and O–H groups in total. The molecule has 0 aromatic carbocycles. The summed E-state index contributed by atoms with van der Waals surface area (Å²) >= 11 is 5.32. The Balaban J connectivity index is 0.000000163. The lowest BCUT2D eigenvalue weighted by molar-refractivity contribution is 0.0186. The Kier molecular flexibility index (Phi) is 31.2. The zero-order valence-corrected chi connectivity index (χ0v) is 77.8. The van der Waals surface area contributed by atoms with Gasteiger partial charge >= 0.3 is 18.2 Å². The number of carbonyl (C=O) groups is 5. The quantitative estimate of drug-likeness (QED) is 0.0370. The number of morpholine rings is 3. The van der Waals surface area contributed by atoms with Crippen molar-refractivity contribution in [1.29, 1.82) is 0 Å². The van der Waals surface area contributed by atoms with Crippen LogP contribution in [0, 0.1) is 62.3 Å². The highest BCUT2D eigenvalue weighted by molar-refractivity contribution is 6.13. The number of aromatic carboxylic acids is 1. The summed E-state index contributed by atoms with van der Waals surface area (Å²) in [6, 6.07) is 18.0. The molecule has 127 heavy (non-hydrogen) atoms. The number of ether oxygens (including phenoxy) is 5. The minimum absolute atomic E-state index is 0.0413. The Morgan fingerprint density at radius 3 is 1.06 bits per heavy atom. The number of aromatic nitrogens is 6. The summed E-state index contributed by atoms with van der Waals surface area (Å²) in [6.07, 6.45) is 14.7. The lowest BCUT2D eigenvalue weighted by Crippen LogP contribution is -2.39. The van der Waals surface area contributed by atoms with Gasteiger partial charge in [0.25, 0.3) is 28.5 Å². The summed E-state index contributed by atoms with van der Waals surface area (Å²) in [4.78, 5) is 122. The molecule has 9 aromatic heterocycles. The smallest absolute Gasteiger partial charge is 0.410 e. The number of carbonyl (C=O) groups excluding carboxylic acids is 4. The number of amides is 4. The summed E-state index contributed by atoms with van der Waals surface area (Å²) in [5.41, 5.74) is 22.7. The number of halogens is 1. The van der Waals surface area contributed by atoms with Crippen molar-refractivity contribution < 1.29 is 52.8 Å². The van der Waals surface area contributed by atoms with Crippen LogP contribution in [0.15, 0.2) is 106 Å². The van der Waals surface area contributed by atoms with Gasteiger partial charge < -0.3 is 82.7 Å². The first-order valence-electron chi connectivity index (χ1n) is 44.2. The van der Waals surface area contributed by atoms with E-state index in [2.05, 4.69) is 139 Å². The van der Waals surface area contributed by atoms with Gasteiger partial charge in [-0.05, 0) is 284 Å². The molecule has 0 saturated carbocycles. The van der Waals surface area contributed by atoms with E-state index in [1.54, 1.807) is 15.9 Å². The normalized spacial score (nSPS) is 17.0. The van der Waals surface area contributed by atoms with Crippen LogP contribution in [0.3, 0.4) is 0 Å². The Hall–Kier alpha value is -10.7. The number of pyridine rings is 6. The number of rotatable bonds is 18. The molecule has 0 spiro atoms. The van der Waals surface area contributed by atoms with Crippen LogP contribution in [0.25, 0.3) is 33.3 Å². The van der Waals surface area contributed by atoms with E-state index in [0.29, 0.717) is 112 Å². The molecule has 6 aliphatic heterocycles. The third kappa shape index (κ3) is 23.2. The second-order valence-electron chi connectivity index (χ2n) is 36.1. The van der Waals surface area contributed by atoms with Gasteiger partial charge in [-0.3, -0.25) is 38.7 Å². The summed E-state index contributed by atoms with van der Waals surface area (Å²) < 4.78 is 34.4. The zero-order valence-electron chi connectivity index (χ0n) is 77.1. The van der Waals surface area contributed by atoms with Gasteiger partial charge in [0.15, 0.2) is 0 Å². The molecule has 3 saturated heterocycles. The highest BCUT2D eigenvalue weighted by Gasteiger charge is 2.33. The minimum Gasteiger partial charge on any atom is -0.478 e. The number of carboxylic acid groups (broad SMARTS) is 1. The standard InChI is InChI=1S/C34H45N5O5.C29H37N5O3.C26H35N3O5.C8H11ClN2O/c1-21-16-22(2)36-32(41)29(21)19-35-31(40)28-18-27-17-26(25-8-10-38(11-9-25)33(42)44-34(5,6)7)20-39(27)30(23(28)3)24(4)37-12-14-43-15-13-37;1-18-13-19(2)32-29(36)26(18)16-31-28(35)25-15-24-14-23(22-5-7-30-8-6-22)17-34(24)27(20(25)3)21(4)33-9-11-37-12-10-33;1-17-22(24(30)31)15-21-14-20(16-29(21)23(17)18(2)27-10-12-33-13-11-27)19-6-8-28(9-7-19)25(32)34-26(3,4)5;1-5-3-6(2)11-8(12)7(5)4-10-9/h8,16-18,20,24H,9-15,19H2,1-7H3,(H,35,40)(H,36,41);5,13-15,17,21,30H,6-12,16H2,1-4H3,(H,31,35)(H,32,36);6,14-16,18H,7-13H2,1-5H3,(H,30,31);3,10H,4H2,1-2H3,(H,11,12). The number of nitrogens with one attached hydrogen (secondary N) is 7. The molecule has 0 aliphatic carbocycles. The molecule has 3 atom stereocenters. The van der Waals surface area contributed by atoms with Crippen molar-refractivity contribution in [2.45, 2.75) is 193 Å². The Bertz CT molecular complexity index is 5850. The summed E-state index contributed by atoms with van der Waals surface area (Å²) in [6.45, 7) is 48.8. The minimum atomic E-state index is -0.914. The third-order valence-corrected chi connectivity index (χ3v) is 24.9. The van der Waals surface area contributed by atoms with Crippen LogP contribution in [-0.4, -0.2) is 217 Å². The molecule has 6 aliphatic rings. The molecule has 29 nitrogen and oxygen atoms in total. The summed E-state index contributed by atoms with van der Waals surface area (Å²) in [7, 11) is 0. The van der Waals surface area contributed by atoms with Gasteiger partial charge in [-0.25, -0.2) is 19.2 Å². The van der Waals surface area contributed by atoms with E-state index in [1.165, 1.54) is 11.1 Å². The fraction of sp³-hybridized carbons (Fsp3) is 0.485. The highest BCUT2D eigenvalue weighted by atomic mass is 35.5. The molecule has 0 radical (unpaired) electrons. The fourth-order valence-electron chi connectivity index (χ4n) is 17.9. The van der Waals surface area contributed by atoms with Crippen molar-refractivity contribution in [1.82, 2.24) is 73.4 Å². The number of aryl methyl sites for hydroxylation is 6. The molecule has 30 heteroatoms. The van der Waals surface area contributed by atoms with Gasteiger partial charge in [0.05, 0.1) is 45.2 Å². The Labute approximate surface area is 748 Å². The molecule has 15 rings (SSSR count). The van der Waals surface area contributed by atoms with E-state index < -0.39 is 17.2 Å². The Morgan fingerprint density at radius 1 is 0.449 bits per heavy atom. The van der Waals surface area contributed by atoms with Gasteiger partial charge in [0.2, 0.25) is 0 Å². The van der Waals surface area contributed by atoms with Gasteiger partial charge in [-0.2, -0.15) is 0 Å². The van der Waals surface area contributed by atoms with E-state index in [-0.39, 0.29) is 71.9 Å². The van der Waals surface area contributed by atoms with Crippen LogP contribution in [0.4, 0.5) is 9.59 Å². The van der Waals surface area contributed by atoms with Crippen molar-refractivity contribution in [3.8, 4) is 0 Å². The molecule has 3 unspecified atom stereocenters. The predicted molar refractivity (Wildman–Crippen MR) is 497 cm³/mol. The molecule has 15 heterocycles. The monoisotopic (exact) mass is 1760 g/mol. The van der Waals surface area contributed by atoms with Crippen molar-refractivity contribution in [2.24, 2.45) is 0 Å². The van der Waals surface area contributed by atoms with E-state index >= 15 is 0 Å². The number of hydrogen-bond acceptors (Lipinski definition) is 18. The topological polar surface area (TPSA) is 328 Å². The molecular weight excluding hydrogens is 1630 g/mol. The van der Waals surface area contributed by atoms with E-state index in [0.717, 1.165) is 172 Å². The highest BCUT2D eigenvalue weighted by Crippen LogP contribution is 2.37. The first-order chi connectivity index (χ1) is 60.3. The second-order valence-corrected chi connectivity index (χ2v) is 36.3. The largest absolute Gasteiger partial charge is 0.478 e. The van der Waals surface area contributed by atoms with Crippen LogP contribution in [0.1, 0.15) is 232 Å². The molecular formula is C97H128ClN15O14. The van der Waals surface area contributed by atoms with Crippen LogP contribution >= 0.6 is 11.8 Å². The van der Waals surface area contributed by atoms with Gasteiger partial charge in [-0.15, -0.1) is 0 Å². The second kappa shape index (κ2) is 41.6. The molecule has 0 bridgehead atoms. The number of H-pyrrole nitrogens is 3. The third-order valence-electron chi connectivity index (χ3n) is 24.7. The summed E-state index contributed by atoms with van der Waals surface area (Å²) in [5.74, 6) is -1.30. The SMILES string of the molecule is Cc1c(C(=O)O)cc2cc(C3=CCN(C(=O)OC(C)(C)C)CC3)cn2c1C(C)N1CCOCC1.Cc1cc(C)c(CNC(=O)c2cc3cc(C4=CCN(C(=O)OC(C)(C)C)CC4)cn3c(C(C)N3CCOCC3)c2C)c(=O)[nH]1.Cc1cc(C)c(CNC(=O)c2cc3cc(C4=CCNCC4)cn3c(C(C)N3CCOCC3)c2C)c(=O)[nH]1.Cc1cc(C)c(CNCl)c(=O)[nH]1. The number of carboxylic acids is 1. The lowest BCUT2D eigenvalue weighted by Gasteiger charge is -2.34. The molecule has 4 amide bonds. The predicted octanol–water partition coefficient (Wildman–Crippen LogP) is 13.8. The maximum atomic E-state index is 13.7. The van der Waals surface area contributed by atoms with Gasteiger partial charge in [0.1, 0.15) is 11.2 Å². The molecule has 3 fully saturated rings. The van der Waals surface area contributed by atoms with E-state index in [9.17, 15) is 43.5 Å². The number of fused-ring (bicyclic) bond motifs is 3. The molecule has 9 aromatic rings. The zero-order chi connectivity index (χ0) is 91.6. The number of hydrogen-bond donors (Lipinski definition) is 8. The van der Waals surface area contributed by atoms with Crippen LogP contribution < -0.4 is 37.5 Å². The summed E-state index contributed by atoms with van der Waals surface area (Å²) in [5, 5.41) is 19.3. The molecule has 682 valence electrons. The fourth-order valence-corrected chi connectivity index (χ4v) is 18.1. The van der Waals surface area contributed by atoms with Crippen LogP contribution in [0.2, 0.25) is 0 Å². The van der Waals surface area contributed by atoms with Crippen molar-refractivity contribution in [2.75, 3.05) is 118 Å².